The van der Waals surface area contributed by atoms with Gasteiger partial charge in [-0.3, -0.25) is 14.5 Å². The predicted octanol–water partition coefficient (Wildman–Crippen LogP) is 3.90. The molecule has 1 aliphatic heterocycles. The fraction of sp³-hybridized carbons (Fsp3) is 0.591. The van der Waals surface area contributed by atoms with Crippen molar-refractivity contribution in [3.63, 3.8) is 0 Å². The molecule has 2 rings (SSSR count). The Labute approximate surface area is 167 Å². The first-order chi connectivity index (χ1) is 13.3. The molecule has 1 heterocycles. The third-order valence-electron chi connectivity index (χ3n) is 5.59. The zero-order valence-corrected chi connectivity index (χ0v) is 17.4. The molecule has 0 saturated carbocycles. The summed E-state index contributed by atoms with van der Waals surface area (Å²) >= 11 is 0. The summed E-state index contributed by atoms with van der Waals surface area (Å²) in [5.74, 6) is -0.517. The summed E-state index contributed by atoms with van der Waals surface area (Å²) in [5, 5.41) is 0. The highest BCUT2D eigenvalue weighted by molar-refractivity contribution is 6.10. The van der Waals surface area contributed by atoms with Gasteiger partial charge in [-0.05, 0) is 33.6 Å². The van der Waals surface area contributed by atoms with E-state index >= 15 is 0 Å². The quantitative estimate of drug-likeness (QED) is 0.328. The molecule has 1 saturated heterocycles. The smallest absolute Gasteiger partial charge is 0.327 e. The maximum Gasteiger partial charge on any atom is 0.327 e. The number of rotatable bonds is 11. The second-order valence-corrected chi connectivity index (χ2v) is 7.66. The maximum absolute atomic E-state index is 13.0. The van der Waals surface area contributed by atoms with Crippen molar-refractivity contribution in [2.24, 2.45) is 0 Å². The third-order valence-corrected chi connectivity index (χ3v) is 5.59. The number of urea groups is 1. The van der Waals surface area contributed by atoms with Crippen LogP contribution in [0.2, 0.25) is 0 Å². The summed E-state index contributed by atoms with van der Waals surface area (Å²) in [6.07, 6.45) is 4.68. The van der Waals surface area contributed by atoms with E-state index in [0.717, 1.165) is 37.2 Å². The average molecular weight is 389 g/mol. The van der Waals surface area contributed by atoms with Gasteiger partial charge < -0.3 is 9.64 Å². The van der Waals surface area contributed by atoms with Crippen LogP contribution in [0.4, 0.5) is 4.79 Å². The molecule has 0 radical (unpaired) electrons. The van der Waals surface area contributed by atoms with Crippen molar-refractivity contribution in [3.05, 3.63) is 35.9 Å². The molecule has 1 aliphatic rings. The van der Waals surface area contributed by atoms with E-state index in [1.165, 1.54) is 4.90 Å². The molecule has 28 heavy (non-hydrogen) atoms. The third kappa shape index (κ3) is 4.98. The molecule has 0 aromatic heterocycles. The van der Waals surface area contributed by atoms with Crippen molar-refractivity contribution < 1.29 is 19.1 Å². The number of Topliss-reactive ketones (excluding diaryl/α,β-unsaturated/α-hetero) is 1. The number of carbonyl (C=O) groups excluding carboxylic acids is 3. The lowest BCUT2D eigenvalue weighted by molar-refractivity contribution is -0.132. The van der Waals surface area contributed by atoms with Gasteiger partial charge in [-0.1, -0.05) is 49.6 Å². The van der Waals surface area contributed by atoms with E-state index in [0.29, 0.717) is 12.0 Å². The molecule has 3 amide bonds. The van der Waals surface area contributed by atoms with E-state index in [4.69, 9.17) is 4.74 Å². The van der Waals surface area contributed by atoms with Crippen molar-refractivity contribution in [1.82, 2.24) is 9.80 Å². The summed E-state index contributed by atoms with van der Waals surface area (Å²) in [5.41, 5.74) is -0.387. The first-order valence-corrected chi connectivity index (χ1v) is 10.1. The van der Waals surface area contributed by atoms with Gasteiger partial charge in [0.05, 0.1) is 12.6 Å². The molecule has 2 unspecified atom stereocenters. The zero-order chi connectivity index (χ0) is 20.7. The van der Waals surface area contributed by atoms with Crippen molar-refractivity contribution in [2.75, 3.05) is 20.2 Å². The molecule has 6 heteroatoms. The highest BCUT2D eigenvalue weighted by Crippen LogP contribution is 2.31. The Hall–Kier alpha value is -2.21. The number of unbranched alkanes of at least 4 members (excludes halogenated alkanes) is 2. The van der Waals surface area contributed by atoms with Crippen molar-refractivity contribution in [1.29, 1.82) is 0 Å². The Morgan fingerprint density at radius 3 is 2.46 bits per heavy atom. The van der Waals surface area contributed by atoms with Crippen LogP contribution in [0.1, 0.15) is 63.2 Å². The number of hydrogen-bond acceptors (Lipinski definition) is 4. The van der Waals surface area contributed by atoms with Crippen LogP contribution < -0.4 is 0 Å². The SMILES string of the molecule is CCOC(C)CCCCCC1(C)C(=O)N(CC(=O)c2ccccc2)C(=O)N1C. The van der Waals surface area contributed by atoms with E-state index in [-0.39, 0.29) is 24.3 Å². The van der Waals surface area contributed by atoms with Crippen LogP contribution in [-0.4, -0.2) is 59.4 Å². The van der Waals surface area contributed by atoms with Gasteiger partial charge in [0, 0.05) is 19.2 Å². The topological polar surface area (TPSA) is 66.9 Å². The normalized spacial score (nSPS) is 20.7. The van der Waals surface area contributed by atoms with Crippen LogP contribution in [0.5, 0.6) is 0 Å². The van der Waals surface area contributed by atoms with Gasteiger partial charge in [0.15, 0.2) is 5.78 Å². The van der Waals surface area contributed by atoms with Gasteiger partial charge in [-0.15, -0.1) is 0 Å². The molecule has 0 aliphatic carbocycles. The first kappa shape index (κ1) is 22.1. The summed E-state index contributed by atoms with van der Waals surface area (Å²) in [6, 6.07) is 8.34. The van der Waals surface area contributed by atoms with Crippen LogP contribution in [0.3, 0.4) is 0 Å². The number of nitrogens with zero attached hydrogens (tertiary/aromatic N) is 2. The molecular formula is C22H32N2O4. The highest BCUT2D eigenvalue weighted by atomic mass is 16.5. The Balaban J connectivity index is 1.91. The minimum absolute atomic E-state index is 0.215. The monoisotopic (exact) mass is 388 g/mol. The van der Waals surface area contributed by atoms with Crippen molar-refractivity contribution >= 4 is 17.7 Å². The van der Waals surface area contributed by atoms with Gasteiger partial charge in [-0.2, -0.15) is 0 Å². The molecule has 154 valence electrons. The highest BCUT2D eigenvalue weighted by Gasteiger charge is 2.52. The van der Waals surface area contributed by atoms with Crippen LogP contribution in [0.15, 0.2) is 30.3 Å². The van der Waals surface area contributed by atoms with Gasteiger partial charge in [0.1, 0.15) is 5.54 Å². The zero-order valence-electron chi connectivity index (χ0n) is 17.4. The van der Waals surface area contributed by atoms with E-state index < -0.39 is 11.6 Å². The Bertz CT molecular complexity index is 691. The van der Waals surface area contributed by atoms with Crippen LogP contribution in [0.25, 0.3) is 0 Å². The predicted molar refractivity (Wildman–Crippen MR) is 108 cm³/mol. The van der Waals surface area contributed by atoms with E-state index in [1.54, 1.807) is 38.2 Å². The number of carbonyl (C=O) groups is 3. The van der Waals surface area contributed by atoms with Crippen molar-refractivity contribution in [3.8, 4) is 0 Å². The lowest BCUT2D eigenvalue weighted by atomic mass is 9.92. The van der Waals surface area contributed by atoms with E-state index in [2.05, 4.69) is 6.92 Å². The van der Waals surface area contributed by atoms with Gasteiger partial charge in [-0.25, -0.2) is 4.79 Å². The van der Waals surface area contributed by atoms with Gasteiger partial charge >= 0.3 is 6.03 Å². The summed E-state index contributed by atoms with van der Waals surface area (Å²) in [7, 11) is 1.64. The average Bonchev–Trinajstić information content (AvgIpc) is 2.84. The van der Waals surface area contributed by atoms with Crippen LogP contribution in [-0.2, 0) is 9.53 Å². The molecule has 1 aromatic rings. The number of likely N-dealkylation sites (N-methyl/N-ethyl adjacent to an activating group) is 1. The number of hydrogen-bond donors (Lipinski definition) is 0. The molecule has 1 aromatic carbocycles. The fourth-order valence-electron chi connectivity index (χ4n) is 3.63. The molecule has 0 spiro atoms. The number of ether oxygens (including phenoxy) is 1. The number of benzene rings is 1. The Morgan fingerprint density at radius 2 is 1.82 bits per heavy atom. The number of amides is 3. The molecule has 2 atom stereocenters. The van der Waals surface area contributed by atoms with E-state index in [9.17, 15) is 14.4 Å². The van der Waals surface area contributed by atoms with Crippen LogP contribution >= 0.6 is 0 Å². The molecule has 6 nitrogen and oxygen atoms in total. The van der Waals surface area contributed by atoms with Crippen LogP contribution in [0, 0.1) is 0 Å². The fourth-order valence-corrected chi connectivity index (χ4v) is 3.63. The standard InChI is InChI=1S/C22H32N2O4/c1-5-28-17(2)12-8-7-11-15-22(3)20(26)24(21(27)23(22)4)16-19(25)18-13-9-6-10-14-18/h6,9-10,13-14,17H,5,7-8,11-12,15-16H2,1-4H3. The summed E-state index contributed by atoms with van der Waals surface area (Å²) < 4.78 is 5.53. The summed E-state index contributed by atoms with van der Waals surface area (Å²) in [4.78, 5) is 40.6. The Morgan fingerprint density at radius 1 is 1.14 bits per heavy atom. The molecule has 1 fully saturated rings. The van der Waals surface area contributed by atoms with Gasteiger partial charge in [0.2, 0.25) is 0 Å². The Kier molecular flexibility index (Phi) is 7.75. The second-order valence-electron chi connectivity index (χ2n) is 7.66. The van der Waals surface area contributed by atoms with E-state index in [1.807, 2.05) is 13.0 Å². The summed E-state index contributed by atoms with van der Waals surface area (Å²) in [6.45, 7) is 6.36. The lowest BCUT2D eigenvalue weighted by Crippen LogP contribution is -2.45. The number of imide groups is 1. The maximum atomic E-state index is 13.0. The first-order valence-electron chi connectivity index (χ1n) is 10.1. The largest absolute Gasteiger partial charge is 0.379 e. The minimum atomic E-state index is -0.889. The second kappa shape index (κ2) is 9.82. The minimum Gasteiger partial charge on any atom is -0.379 e. The molecule has 0 bridgehead atoms. The lowest BCUT2D eigenvalue weighted by Gasteiger charge is -2.28. The van der Waals surface area contributed by atoms with Gasteiger partial charge in [0.25, 0.3) is 5.91 Å². The molecular weight excluding hydrogens is 356 g/mol. The molecule has 0 N–H and O–H groups in total. The number of ketones is 1. The van der Waals surface area contributed by atoms with Crippen molar-refractivity contribution in [2.45, 2.75) is 64.5 Å².